The number of benzene rings is 2. The van der Waals surface area contributed by atoms with Gasteiger partial charge in [0, 0.05) is 23.4 Å². The zero-order chi connectivity index (χ0) is 20.4. The van der Waals surface area contributed by atoms with Gasteiger partial charge in [0.25, 0.3) is 0 Å². The number of hydrogen-bond acceptors (Lipinski definition) is 4. The van der Waals surface area contributed by atoms with E-state index in [0.29, 0.717) is 12.5 Å². The van der Waals surface area contributed by atoms with E-state index in [1.165, 1.54) is 0 Å². The SMILES string of the molecule is COc1ccc(OC)c(-c2cc(C)c3cc(CCC(=O)NC4CC4)ccc3n2)c1. The van der Waals surface area contributed by atoms with E-state index in [1.807, 2.05) is 24.3 Å². The van der Waals surface area contributed by atoms with Crippen molar-refractivity contribution in [3.8, 4) is 22.8 Å². The minimum absolute atomic E-state index is 0.142. The summed E-state index contributed by atoms with van der Waals surface area (Å²) in [6, 6.07) is 14.4. The van der Waals surface area contributed by atoms with Gasteiger partial charge in [-0.05, 0) is 73.7 Å². The highest BCUT2D eigenvalue weighted by Gasteiger charge is 2.22. The highest BCUT2D eigenvalue weighted by atomic mass is 16.5. The summed E-state index contributed by atoms with van der Waals surface area (Å²) < 4.78 is 10.9. The van der Waals surface area contributed by atoms with Crippen LogP contribution in [0.4, 0.5) is 0 Å². The van der Waals surface area contributed by atoms with Crippen molar-refractivity contribution in [1.82, 2.24) is 10.3 Å². The molecule has 1 heterocycles. The Labute approximate surface area is 171 Å². The van der Waals surface area contributed by atoms with E-state index < -0.39 is 0 Å². The lowest BCUT2D eigenvalue weighted by Crippen LogP contribution is -2.25. The molecule has 150 valence electrons. The molecule has 0 radical (unpaired) electrons. The molecule has 2 aromatic carbocycles. The number of carbonyl (C=O) groups is 1. The molecule has 1 saturated carbocycles. The molecule has 5 nitrogen and oxygen atoms in total. The monoisotopic (exact) mass is 390 g/mol. The normalized spacial score (nSPS) is 13.3. The van der Waals surface area contributed by atoms with Crippen molar-refractivity contribution in [2.45, 2.75) is 38.6 Å². The molecule has 1 N–H and O–H groups in total. The summed E-state index contributed by atoms with van der Waals surface area (Å²) in [7, 11) is 3.31. The number of ether oxygens (including phenoxy) is 2. The zero-order valence-electron chi connectivity index (χ0n) is 17.1. The van der Waals surface area contributed by atoms with Gasteiger partial charge in [-0.15, -0.1) is 0 Å². The first kappa shape index (κ1) is 19.2. The van der Waals surface area contributed by atoms with Crippen LogP contribution in [0, 0.1) is 6.92 Å². The molecule has 0 bridgehead atoms. The molecule has 3 aromatic rings. The number of nitrogens with zero attached hydrogens (tertiary/aromatic N) is 1. The topological polar surface area (TPSA) is 60.5 Å². The number of nitrogens with one attached hydrogen (secondary N) is 1. The van der Waals surface area contributed by atoms with Crippen molar-refractivity contribution in [1.29, 1.82) is 0 Å². The van der Waals surface area contributed by atoms with Gasteiger partial charge in [0.1, 0.15) is 11.5 Å². The average Bonchev–Trinajstić information content (AvgIpc) is 3.55. The number of pyridine rings is 1. The lowest BCUT2D eigenvalue weighted by Gasteiger charge is -2.13. The number of amides is 1. The number of carbonyl (C=O) groups excluding carboxylic acids is 1. The number of hydrogen-bond donors (Lipinski definition) is 1. The molecule has 0 spiro atoms. The van der Waals surface area contributed by atoms with Gasteiger partial charge in [-0.25, -0.2) is 4.98 Å². The molecule has 1 fully saturated rings. The second-order valence-corrected chi connectivity index (χ2v) is 7.58. The van der Waals surface area contributed by atoms with E-state index in [0.717, 1.165) is 64.0 Å². The maximum atomic E-state index is 12.0. The molecule has 29 heavy (non-hydrogen) atoms. The first-order valence-corrected chi connectivity index (χ1v) is 9.99. The molecule has 4 rings (SSSR count). The Balaban J connectivity index is 1.61. The molecule has 1 aromatic heterocycles. The minimum Gasteiger partial charge on any atom is -0.497 e. The van der Waals surface area contributed by atoms with Crippen molar-refractivity contribution >= 4 is 16.8 Å². The van der Waals surface area contributed by atoms with Crippen molar-refractivity contribution in [2.75, 3.05) is 14.2 Å². The van der Waals surface area contributed by atoms with Gasteiger partial charge in [0.15, 0.2) is 0 Å². The molecule has 1 aliphatic carbocycles. The second kappa shape index (κ2) is 8.11. The maximum absolute atomic E-state index is 12.0. The molecular weight excluding hydrogens is 364 g/mol. The first-order valence-electron chi connectivity index (χ1n) is 9.99. The fourth-order valence-electron chi connectivity index (χ4n) is 3.53. The van der Waals surface area contributed by atoms with Crippen LogP contribution in [0.5, 0.6) is 11.5 Å². The fourth-order valence-corrected chi connectivity index (χ4v) is 3.53. The largest absolute Gasteiger partial charge is 0.497 e. The van der Waals surface area contributed by atoms with Crippen LogP contribution in [-0.4, -0.2) is 31.2 Å². The Kier molecular flexibility index (Phi) is 5.38. The van der Waals surface area contributed by atoms with E-state index in [1.54, 1.807) is 14.2 Å². The molecule has 0 saturated heterocycles. The van der Waals surface area contributed by atoms with Crippen molar-refractivity contribution < 1.29 is 14.3 Å². The second-order valence-electron chi connectivity index (χ2n) is 7.58. The first-order chi connectivity index (χ1) is 14.1. The molecule has 1 aliphatic rings. The van der Waals surface area contributed by atoms with E-state index >= 15 is 0 Å². The highest BCUT2D eigenvalue weighted by Crippen LogP contribution is 2.34. The summed E-state index contributed by atoms with van der Waals surface area (Å²) in [5, 5.41) is 4.15. The van der Waals surface area contributed by atoms with Crippen LogP contribution in [0.1, 0.15) is 30.4 Å². The third kappa shape index (κ3) is 4.34. The minimum atomic E-state index is 0.142. The Morgan fingerprint density at radius 3 is 2.66 bits per heavy atom. The summed E-state index contributed by atoms with van der Waals surface area (Å²) >= 11 is 0. The van der Waals surface area contributed by atoms with Gasteiger partial charge in [0.2, 0.25) is 5.91 Å². The lowest BCUT2D eigenvalue weighted by atomic mass is 10.0. The van der Waals surface area contributed by atoms with Crippen LogP contribution in [0.25, 0.3) is 22.2 Å². The summed E-state index contributed by atoms with van der Waals surface area (Å²) in [6.07, 6.45) is 3.49. The third-order valence-corrected chi connectivity index (χ3v) is 5.35. The lowest BCUT2D eigenvalue weighted by molar-refractivity contribution is -0.121. The molecule has 0 atom stereocenters. The maximum Gasteiger partial charge on any atom is 0.220 e. The average molecular weight is 390 g/mol. The number of methoxy groups -OCH3 is 2. The van der Waals surface area contributed by atoms with Gasteiger partial charge in [0.05, 0.1) is 25.4 Å². The predicted molar refractivity (Wildman–Crippen MR) is 115 cm³/mol. The molecular formula is C24H26N2O3. The Hall–Kier alpha value is -3.08. The summed E-state index contributed by atoms with van der Waals surface area (Å²) in [5.74, 6) is 1.67. The van der Waals surface area contributed by atoms with E-state index in [-0.39, 0.29) is 5.91 Å². The van der Waals surface area contributed by atoms with Gasteiger partial charge in [-0.3, -0.25) is 4.79 Å². The number of aromatic nitrogens is 1. The van der Waals surface area contributed by atoms with Crippen molar-refractivity contribution in [3.63, 3.8) is 0 Å². The Morgan fingerprint density at radius 1 is 1.10 bits per heavy atom. The molecule has 1 amide bonds. The van der Waals surface area contributed by atoms with Crippen LogP contribution < -0.4 is 14.8 Å². The standard InChI is InChI=1S/C24H26N2O3/c1-15-12-22(20-14-18(28-2)8-10-23(20)29-3)26-21-9-4-16(13-19(15)21)5-11-24(27)25-17-6-7-17/h4,8-10,12-14,17H,5-7,11H2,1-3H3,(H,25,27). The summed E-state index contributed by atoms with van der Waals surface area (Å²) in [5.41, 5.74) is 4.97. The van der Waals surface area contributed by atoms with Crippen molar-refractivity contribution in [2.24, 2.45) is 0 Å². The van der Waals surface area contributed by atoms with E-state index in [4.69, 9.17) is 14.5 Å². The molecule has 5 heteroatoms. The van der Waals surface area contributed by atoms with Crippen LogP contribution in [0.15, 0.2) is 42.5 Å². The highest BCUT2D eigenvalue weighted by molar-refractivity contribution is 5.86. The fraction of sp³-hybridized carbons (Fsp3) is 0.333. The smallest absolute Gasteiger partial charge is 0.220 e. The predicted octanol–water partition coefficient (Wildman–Crippen LogP) is 4.44. The third-order valence-electron chi connectivity index (χ3n) is 5.35. The van der Waals surface area contributed by atoms with E-state index in [9.17, 15) is 4.79 Å². The van der Waals surface area contributed by atoms with Crippen molar-refractivity contribution in [3.05, 3.63) is 53.6 Å². The van der Waals surface area contributed by atoms with Gasteiger partial charge < -0.3 is 14.8 Å². The van der Waals surface area contributed by atoms with Gasteiger partial charge in [-0.1, -0.05) is 6.07 Å². The number of rotatable bonds is 7. The van der Waals surface area contributed by atoms with Crippen LogP contribution >= 0.6 is 0 Å². The van der Waals surface area contributed by atoms with Crippen LogP contribution in [0.2, 0.25) is 0 Å². The Bertz CT molecular complexity index is 1060. The zero-order valence-corrected chi connectivity index (χ0v) is 17.1. The summed E-state index contributed by atoms with van der Waals surface area (Å²) in [6.45, 7) is 2.09. The van der Waals surface area contributed by atoms with Crippen LogP contribution in [-0.2, 0) is 11.2 Å². The summed E-state index contributed by atoms with van der Waals surface area (Å²) in [4.78, 5) is 16.8. The van der Waals surface area contributed by atoms with Crippen LogP contribution in [0.3, 0.4) is 0 Å². The van der Waals surface area contributed by atoms with Gasteiger partial charge in [-0.2, -0.15) is 0 Å². The number of aryl methyl sites for hydroxylation is 2. The number of fused-ring (bicyclic) bond motifs is 1. The molecule has 0 aliphatic heterocycles. The molecule has 0 unspecified atom stereocenters. The van der Waals surface area contributed by atoms with E-state index in [2.05, 4.69) is 30.4 Å². The van der Waals surface area contributed by atoms with Gasteiger partial charge >= 0.3 is 0 Å². The Morgan fingerprint density at radius 2 is 1.93 bits per heavy atom. The quantitative estimate of drug-likeness (QED) is 0.648.